The fraction of sp³-hybridized carbons (Fsp3) is 0.167. The second-order valence-corrected chi connectivity index (χ2v) is 5.23. The maximum Gasteiger partial charge on any atom is 0.0612 e. The molecule has 1 heterocycles. The van der Waals surface area contributed by atoms with Crippen LogP contribution < -0.4 is 5.32 Å². The summed E-state index contributed by atoms with van der Waals surface area (Å²) in [4.78, 5) is 1.38. The number of rotatable bonds is 4. The minimum absolute atomic E-state index is 0.586. The SMILES string of the molecule is Clc1ccc(NCCc2cccs2)cc1Cl. The molecule has 1 N–H and O–H groups in total. The molecule has 0 bridgehead atoms. The molecule has 0 unspecified atom stereocenters. The van der Waals surface area contributed by atoms with E-state index in [1.165, 1.54) is 4.88 Å². The molecule has 84 valence electrons. The summed E-state index contributed by atoms with van der Waals surface area (Å²) in [6.45, 7) is 0.901. The average Bonchev–Trinajstić information content (AvgIpc) is 2.76. The fourth-order valence-electron chi connectivity index (χ4n) is 1.39. The Balaban J connectivity index is 1.87. The van der Waals surface area contributed by atoms with Crippen molar-refractivity contribution in [1.82, 2.24) is 0 Å². The molecule has 1 aromatic heterocycles. The predicted octanol–water partition coefficient (Wildman–Crippen LogP) is 4.71. The van der Waals surface area contributed by atoms with Gasteiger partial charge in [-0.15, -0.1) is 11.3 Å². The van der Waals surface area contributed by atoms with Crippen molar-refractivity contribution in [2.45, 2.75) is 6.42 Å². The normalized spacial score (nSPS) is 10.4. The summed E-state index contributed by atoms with van der Waals surface area (Å²) in [5, 5.41) is 6.58. The summed E-state index contributed by atoms with van der Waals surface area (Å²) >= 11 is 13.5. The van der Waals surface area contributed by atoms with E-state index in [2.05, 4.69) is 22.8 Å². The Hall–Kier alpha value is -0.700. The van der Waals surface area contributed by atoms with Crippen molar-refractivity contribution in [3.8, 4) is 0 Å². The number of benzene rings is 1. The minimum Gasteiger partial charge on any atom is -0.385 e. The highest BCUT2D eigenvalue weighted by atomic mass is 35.5. The van der Waals surface area contributed by atoms with Gasteiger partial charge in [0, 0.05) is 17.1 Å². The van der Waals surface area contributed by atoms with Crippen molar-refractivity contribution in [1.29, 1.82) is 0 Å². The molecule has 0 aliphatic rings. The van der Waals surface area contributed by atoms with E-state index in [4.69, 9.17) is 23.2 Å². The minimum atomic E-state index is 0.586. The molecule has 0 saturated heterocycles. The van der Waals surface area contributed by atoms with E-state index in [1.54, 1.807) is 17.4 Å². The highest BCUT2D eigenvalue weighted by molar-refractivity contribution is 7.09. The van der Waals surface area contributed by atoms with Crippen molar-refractivity contribution in [2.24, 2.45) is 0 Å². The summed E-state index contributed by atoms with van der Waals surface area (Å²) in [7, 11) is 0. The van der Waals surface area contributed by atoms with Gasteiger partial charge in [0.15, 0.2) is 0 Å². The van der Waals surface area contributed by atoms with E-state index in [1.807, 2.05) is 12.1 Å². The van der Waals surface area contributed by atoms with Crippen molar-refractivity contribution >= 4 is 40.2 Å². The predicted molar refractivity (Wildman–Crippen MR) is 73.0 cm³/mol. The molecule has 0 amide bonds. The van der Waals surface area contributed by atoms with E-state index >= 15 is 0 Å². The molecule has 0 aliphatic heterocycles. The third-order valence-corrected chi connectivity index (χ3v) is 3.88. The van der Waals surface area contributed by atoms with Crippen LogP contribution in [-0.2, 0) is 6.42 Å². The first kappa shape index (κ1) is 11.8. The first-order valence-electron chi connectivity index (χ1n) is 4.97. The molecule has 1 aromatic carbocycles. The number of thiophene rings is 1. The van der Waals surface area contributed by atoms with Gasteiger partial charge in [-0.05, 0) is 36.1 Å². The zero-order valence-electron chi connectivity index (χ0n) is 8.54. The topological polar surface area (TPSA) is 12.0 Å². The average molecular weight is 272 g/mol. The van der Waals surface area contributed by atoms with Gasteiger partial charge in [0.1, 0.15) is 0 Å². The molecule has 0 atom stereocenters. The van der Waals surface area contributed by atoms with Gasteiger partial charge in [-0.25, -0.2) is 0 Å². The zero-order valence-corrected chi connectivity index (χ0v) is 10.9. The van der Waals surface area contributed by atoms with Gasteiger partial charge in [-0.3, -0.25) is 0 Å². The summed E-state index contributed by atoms with van der Waals surface area (Å²) in [5.41, 5.74) is 1.01. The first-order valence-corrected chi connectivity index (χ1v) is 6.60. The van der Waals surface area contributed by atoms with Crippen LogP contribution in [0, 0.1) is 0 Å². The Labute approximate surface area is 109 Å². The number of anilines is 1. The quantitative estimate of drug-likeness (QED) is 0.849. The van der Waals surface area contributed by atoms with E-state index in [9.17, 15) is 0 Å². The van der Waals surface area contributed by atoms with E-state index in [0.717, 1.165) is 18.7 Å². The largest absolute Gasteiger partial charge is 0.385 e. The van der Waals surface area contributed by atoms with Gasteiger partial charge in [-0.1, -0.05) is 29.3 Å². The highest BCUT2D eigenvalue weighted by Crippen LogP contribution is 2.24. The van der Waals surface area contributed by atoms with Gasteiger partial charge in [-0.2, -0.15) is 0 Å². The number of nitrogens with one attached hydrogen (secondary N) is 1. The molecule has 0 fully saturated rings. The second kappa shape index (κ2) is 5.58. The lowest BCUT2D eigenvalue weighted by molar-refractivity contribution is 1.04. The maximum absolute atomic E-state index is 5.92. The van der Waals surface area contributed by atoms with Crippen LogP contribution in [-0.4, -0.2) is 6.54 Å². The Bertz CT molecular complexity index is 454. The van der Waals surface area contributed by atoms with Crippen molar-refractivity contribution in [3.05, 3.63) is 50.6 Å². The van der Waals surface area contributed by atoms with E-state index in [0.29, 0.717) is 10.0 Å². The molecular weight excluding hydrogens is 261 g/mol. The van der Waals surface area contributed by atoms with Gasteiger partial charge in [0.25, 0.3) is 0 Å². The van der Waals surface area contributed by atoms with Gasteiger partial charge in [0.2, 0.25) is 0 Å². The van der Waals surface area contributed by atoms with Crippen LogP contribution >= 0.6 is 34.5 Å². The maximum atomic E-state index is 5.92. The third-order valence-electron chi connectivity index (χ3n) is 2.20. The zero-order chi connectivity index (χ0) is 11.4. The van der Waals surface area contributed by atoms with Crippen LogP contribution in [0.15, 0.2) is 35.7 Å². The number of halogens is 2. The third kappa shape index (κ3) is 3.14. The molecule has 0 radical (unpaired) electrons. The van der Waals surface area contributed by atoms with Crippen molar-refractivity contribution < 1.29 is 0 Å². The summed E-state index contributed by atoms with van der Waals surface area (Å²) < 4.78 is 0. The Morgan fingerprint density at radius 1 is 1.12 bits per heavy atom. The molecule has 0 aliphatic carbocycles. The summed E-state index contributed by atoms with van der Waals surface area (Å²) in [6, 6.07) is 9.79. The molecule has 0 spiro atoms. The lowest BCUT2D eigenvalue weighted by atomic mass is 10.3. The number of hydrogen-bond donors (Lipinski definition) is 1. The Morgan fingerprint density at radius 2 is 2.00 bits per heavy atom. The lowest BCUT2D eigenvalue weighted by Crippen LogP contribution is -2.03. The first-order chi connectivity index (χ1) is 7.75. The fourth-order valence-corrected chi connectivity index (χ4v) is 2.40. The van der Waals surface area contributed by atoms with Crippen LogP contribution in [0.5, 0.6) is 0 Å². The molecule has 2 rings (SSSR count). The standard InChI is InChI=1S/C12H11Cl2NS/c13-11-4-3-9(8-12(11)14)15-6-5-10-2-1-7-16-10/h1-4,7-8,15H,5-6H2. The van der Waals surface area contributed by atoms with Gasteiger partial charge in [0.05, 0.1) is 10.0 Å². The van der Waals surface area contributed by atoms with Crippen molar-refractivity contribution in [3.63, 3.8) is 0 Å². The molecule has 4 heteroatoms. The molecule has 16 heavy (non-hydrogen) atoms. The van der Waals surface area contributed by atoms with Crippen LogP contribution in [0.1, 0.15) is 4.88 Å². The smallest absolute Gasteiger partial charge is 0.0612 e. The molecular formula is C12H11Cl2NS. The van der Waals surface area contributed by atoms with Crippen LogP contribution in [0.25, 0.3) is 0 Å². The van der Waals surface area contributed by atoms with Gasteiger partial charge >= 0.3 is 0 Å². The Kier molecular flexibility index (Phi) is 4.10. The van der Waals surface area contributed by atoms with Crippen LogP contribution in [0.4, 0.5) is 5.69 Å². The highest BCUT2D eigenvalue weighted by Gasteiger charge is 1.99. The second-order valence-electron chi connectivity index (χ2n) is 3.39. The lowest BCUT2D eigenvalue weighted by Gasteiger charge is -2.06. The van der Waals surface area contributed by atoms with E-state index < -0.39 is 0 Å². The number of hydrogen-bond acceptors (Lipinski definition) is 2. The van der Waals surface area contributed by atoms with Crippen LogP contribution in [0.3, 0.4) is 0 Å². The monoisotopic (exact) mass is 271 g/mol. The van der Waals surface area contributed by atoms with Crippen molar-refractivity contribution in [2.75, 3.05) is 11.9 Å². The van der Waals surface area contributed by atoms with Gasteiger partial charge < -0.3 is 5.32 Å². The van der Waals surface area contributed by atoms with Crippen LogP contribution in [0.2, 0.25) is 10.0 Å². The summed E-state index contributed by atoms with van der Waals surface area (Å²) in [6.07, 6.45) is 1.03. The Morgan fingerprint density at radius 3 is 2.69 bits per heavy atom. The molecule has 1 nitrogen and oxygen atoms in total. The van der Waals surface area contributed by atoms with E-state index in [-0.39, 0.29) is 0 Å². The molecule has 0 saturated carbocycles. The molecule has 2 aromatic rings. The summed E-state index contributed by atoms with van der Waals surface area (Å²) in [5.74, 6) is 0.